The van der Waals surface area contributed by atoms with Crippen LogP contribution in [0.1, 0.15) is 15.9 Å². The number of thioether (sulfide) groups is 1. The van der Waals surface area contributed by atoms with Crippen molar-refractivity contribution in [1.82, 2.24) is 0 Å². The van der Waals surface area contributed by atoms with Crippen LogP contribution in [-0.4, -0.2) is 26.9 Å². The van der Waals surface area contributed by atoms with Crippen molar-refractivity contribution < 1.29 is 15.0 Å². The van der Waals surface area contributed by atoms with Crippen LogP contribution in [0.25, 0.3) is 0 Å². The van der Waals surface area contributed by atoms with Crippen molar-refractivity contribution in [2.24, 2.45) is 16.8 Å². The molecule has 0 aliphatic rings. The fourth-order valence-electron chi connectivity index (χ4n) is 1.90. The van der Waals surface area contributed by atoms with E-state index < -0.39 is 0 Å². The van der Waals surface area contributed by atoms with E-state index in [1.54, 1.807) is 0 Å². The monoisotopic (exact) mass is 346 g/mol. The Hall–Kier alpha value is -2.71. The lowest BCUT2D eigenvalue weighted by molar-refractivity contribution is 0.102. The second-order valence-corrected chi connectivity index (χ2v) is 5.98. The number of carbonyl (C=O) groups is 1. The van der Waals surface area contributed by atoms with Gasteiger partial charge in [0, 0.05) is 5.56 Å². The van der Waals surface area contributed by atoms with Crippen LogP contribution in [0.4, 0.5) is 5.69 Å². The first-order valence-corrected chi connectivity index (χ1v) is 7.98. The van der Waals surface area contributed by atoms with Gasteiger partial charge >= 0.3 is 0 Å². The van der Waals surface area contributed by atoms with Gasteiger partial charge in [-0.15, -0.1) is 0 Å². The summed E-state index contributed by atoms with van der Waals surface area (Å²) in [6, 6.07) is 11.3. The van der Waals surface area contributed by atoms with Gasteiger partial charge in [-0.1, -0.05) is 29.5 Å². The summed E-state index contributed by atoms with van der Waals surface area (Å²) in [5.74, 6) is 10.5. The van der Waals surface area contributed by atoms with Gasteiger partial charge in [-0.05, 0) is 37.3 Å². The molecule has 0 heterocycles. The van der Waals surface area contributed by atoms with Crippen molar-refractivity contribution in [3.8, 4) is 11.5 Å². The summed E-state index contributed by atoms with van der Waals surface area (Å²) in [5.41, 5.74) is 2.05. The van der Waals surface area contributed by atoms with Crippen molar-refractivity contribution in [2.75, 3.05) is 10.8 Å². The molecule has 126 valence electrons. The number of hydrazone groups is 1. The van der Waals surface area contributed by atoms with Crippen LogP contribution in [0.3, 0.4) is 0 Å². The van der Waals surface area contributed by atoms with Gasteiger partial charge in [0.25, 0.3) is 0 Å². The predicted octanol–water partition coefficient (Wildman–Crippen LogP) is 1.93. The number of hydrogen-bond donors (Lipinski definition) is 4. The molecule has 7 nitrogen and oxygen atoms in total. The number of anilines is 1. The van der Waals surface area contributed by atoms with Gasteiger partial charge in [-0.3, -0.25) is 9.80 Å². The van der Waals surface area contributed by atoms with E-state index in [0.717, 1.165) is 17.3 Å². The Morgan fingerprint density at radius 1 is 1.17 bits per heavy atom. The number of aryl methyl sites for hydroxylation is 1. The van der Waals surface area contributed by atoms with Crippen LogP contribution < -0.4 is 16.7 Å². The van der Waals surface area contributed by atoms with Gasteiger partial charge in [0.2, 0.25) is 5.17 Å². The van der Waals surface area contributed by atoms with Crippen molar-refractivity contribution in [2.45, 2.75) is 6.92 Å². The Labute approximate surface area is 143 Å². The number of hydrazine groups is 1. The minimum absolute atomic E-state index is 0.0276. The SMILES string of the molecule is Cc1ccc(N(N)/C(=N\N)SCC(=O)c2ccc(O)c(O)c2)cc1. The number of hydrogen-bond acceptors (Lipinski definition) is 7. The van der Waals surface area contributed by atoms with Gasteiger partial charge in [-0.2, -0.15) is 5.10 Å². The smallest absolute Gasteiger partial charge is 0.201 e. The maximum atomic E-state index is 12.2. The third-order valence-electron chi connectivity index (χ3n) is 3.26. The number of nitrogens with zero attached hydrogens (tertiary/aromatic N) is 2. The Morgan fingerprint density at radius 2 is 1.83 bits per heavy atom. The molecule has 0 radical (unpaired) electrons. The van der Waals surface area contributed by atoms with Crippen molar-refractivity contribution in [1.29, 1.82) is 0 Å². The number of carbonyl (C=O) groups excluding carboxylic acids is 1. The third-order valence-corrected chi connectivity index (χ3v) is 4.23. The molecule has 0 aromatic heterocycles. The molecule has 0 saturated carbocycles. The zero-order chi connectivity index (χ0) is 17.7. The molecule has 0 aliphatic heterocycles. The molecule has 0 aliphatic carbocycles. The largest absolute Gasteiger partial charge is 0.504 e. The molecule has 8 heteroatoms. The summed E-state index contributed by atoms with van der Waals surface area (Å²) in [7, 11) is 0. The topological polar surface area (TPSA) is 125 Å². The van der Waals surface area contributed by atoms with Gasteiger partial charge < -0.3 is 16.1 Å². The van der Waals surface area contributed by atoms with Gasteiger partial charge in [0.05, 0.1) is 11.4 Å². The molecular formula is C16H18N4O3S. The Bertz CT molecular complexity index is 762. The molecule has 0 amide bonds. The summed E-state index contributed by atoms with van der Waals surface area (Å²) in [6.07, 6.45) is 0. The fourth-order valence-corrected chi connectivity index (χ4v) is 2.64. The van der Waals surface area contributed by atoms with Gasteiger partial charge in [0.15, 0.2) is 17.3 Å². The van der Waals surface area contributed by atoms with E-state index in [-0.39, 0.29) is 33.8 Å². The number of benzene rings is 2. The van der Waals surface area contributed by atoms with E-state index in [4.69, 9.17) is 11.7 Å². The van der Waals surface area contributed by atoms with E-state index in [2.05, 4.69) is 5.10 Å². The lowest BCUT2D eigenvalue weighted by atomic mass is 10.1. The first-order chi connectivity index (χ1) is 11.4. The molecule has 0 saturated heterocycles. The maximum absolute atomic E-state index is 12.2. The third kappa shape index (κ3) is 4.18. The molecule has 2 aromatic rings. The van der Waals surface area contributed by atoms with Crippen LogP contribution in [0, 0.1) is 6.92 Å². The molecular weight excluding hydrogens is 328 g/mol. The number of Topliss-reactive ketones (excluding diaryl/α,β-unsaturated/α-hetero) is 1. The zero-order valence-corrected chi connectivity index (χ0v) is 13.8. The number of nitrogens with two attached hydrogens (primary N) is 2. The standard InChI is InChI=1S/C16H18N4O3S/c1-10-2-5-12(6-3-10)20(18)16(19-17)24-9-15(23)11-4-7-13(21)14(22)8-11/h2-8,21-22H,9,17-18H2,1H3/b19-16+. The summed E-state index contributed by atoms with van der Waals surface area (Å²) in [4.78, 5) is 12.2. The lowest BCUT2D eigenvalue weighted by Gasteiger charge is -2.19. The average molecular weight is 346 g/mol. The van der Waals surface area contributed by atoms with Crippen LogP contribution >= 0.6 is 11.8 Å². The molecule has 24 heavy (non-hydrogen) atoms. The number of rotatable bonds is 4. The average Bonchev–Trinajstić information content (AvgIpc) is 2.58. The van der Waals surface area contributed by atoms with Crippen LogP contribution in [0.2, 0.25) is 0 Å². The predicted molar refractivity (Wildman–Crippen MR) is 96.0 cm³/mol. The summed E-state index contributed by atoms with van der Waals surface area (Å²) in [5, 5.41) is 23.9. The van der Waals surface area contributed by atoms with E-state index >= 15 is 0 Å². The highest BCUT2D eigenvalue weighted by atomic mass is 32.2. The van der Waals surface area contributed by atoms with Gasteiger partial charge in [0.1, 0.15) is 0 Å². The van der Waals surface area contributed by atoms with E-state index in [9.17, 15) is 15.0 Å². The van der Waals surface area contributed by atoms with Crippen LogP contribution in [0.5, 0.6) is 11.5 Å². The first kappa shape index (κ1) is 17.6. The van der Waals surface area contributed by atoms with Crippen molar-refractivity contribution >= 4 is 28.4 Å². The van der Waals surface area contributed by atoms with Gasteiger partial charge in [-0.25, -0.2) is 5.84 Å². The number of amidine groups is 1. The molecule has 6 N–H and O–H groups in total. The molecule has 0 atom stereocenters. The Balaban J connectivity index is 2.04. The zero-order valence-electron chi connectivity index (χ0n) is 13.0. The van der Waals surface area contributed by atoms with E-state index in [0.29, 0.717) is 5.69 Å². The van der Waals surface area contributed by atoms with Crippen LogP contribution in [0.15, 0.2) is 47.6 Å². The minimum atomic E-state index is -0.348. The summed E-state index contributed by atoms with van der Waals surface area (Å²) >= 11 is 1.07. The van der Waals surface area contributed by atoms with E-state index in [1.807, 2.05) is 31.2 Å². The normalized spacial score (nSPS) is 11.3. The fraction of sp³-hybridized carbons (Fsp3) is 0.125. The van der Waals surface area contributed by atoms with Crippen molar-refractivity contribution in [3.05, 3.63) is 53.6 Å². The number of ketones is 1. The molecule has 0 bridgehead atoms. The lowest BCUT2D eigenvalue weighted by Crippen LogP contribution is -2.36. The molecule has 2 aromatic carbocycles. The second-order valence-electron chi connectivity index (χ2n) is 5.03. The summed E-state index contributed by atoms with van der Waals surface area (Å²) < 4.78 is 0. The quantitative estimate of drug-likeness (QED) is 0.166. The first-order valence-electron chi connectivity index (χ1n) is 6.99. The highest BCUT2D eigenvalue weighted by molar-refractivity contribution is 8.14. The van der Waals surface area contributed by atoms with Crippen LogP contribution in [-0.2, 0) is 0 Å². The highest BCUT2D eigenvalue weighted by Gasteiger charge is 2.15. The summed E-state index contributed by atoms with van der Waals surface area (Å²) in [6.45, 7) is 1.96. The molecule has 2 rings (SSSR count). The molecule has 0 spiro atoms. The maximum Gasteiger partial charge on any atom is 0.201 e. The van der Waals surface area contributed by atoms with E-state index in [1.165, 1.54) is 23.2 Å². The Morgan fingerprint density at radius 3 is 2.42 bits per heavy atom. The number of phenolic OH excluding ortho intramolecular Hbond substituents is 2. The minimum Gasteiger partial charge on any atom is -0.504 e. The number of phenols is 2. The molecule has 0 fully saturated rings. The number of aromatic hydroxyl groups is 2. The Kier molecular flexibility index (Phi) is 5.67. The molecule has 0 unspecified atom stereocenters. The van der Waals surface area contributed by atoms with Crippen molar-refractivity contribution in [3.63, 3.8) is 0 Å². The highest BCUT2D eigenvalue weighted by Crippen LogP contribution is 2.26. The second kappa shape index (κ2) is 7.71.